The molecule has 2 unspecified atom stereocenters. The van der Waals surface area contributed by atoms with E-state index in [-0.39, 0.29) is 16.7 Å². The van der Waals surface area contributed by atoms with Crippen molar-refractivity contribution in [2.75, 3.05) is 0 Å². The smallest absolute Gasteiger partial charge is 0.337 e. The molecule has 0 fully saturated rings. The van der Waals surface area contributed by atoms with E-state index in [1.54, 1.807) is 18.2 Å². The van der Waals surface area contributed by atoms with Gasteiger partial charge in [-0.25, -0.2) is 9.59 Å². The van der Waals surface area contributed by atoms with Gasteiger partial charge in [0.2, 0.25) is 0 Å². The van der Waals surface area contributed by atoms with E-state index in [9.17, 15) is 24.6 Å². The van der Waals surface area contributed by atoms with Gasteiger partial charge in [-0.3, -0.25) is 4.79 Å². The zero-order valence-corrected chi connectivity index (χ0v) is 12.4. The van der Waals surface area contributed by atoms with Gasteiger partial charge in [0.05, 0.1) is 0 Å². The number of carbonyl (C=O) groups excluding carboxylic acids is 1. The number of carbonyl (C=O) groups is 3. The summed E-state index contributed by atoms with van der Waals surface area (Å²) in [5.41, 5.74) is 0.176. The Morgan fingerprint density at radius 3 is 1.88 bits per heavy atom. The molecule has 0 radical (unpaired) electrons. The summed E-state index contributed by atoms with van der Waals surface area (Å²) in [6, 6.07) is 12.1. The Hall–Kier alpha value is -3.19. The van der Waals surface area contributed by atoms with Crippen molar-refractivity contribution in [3.05, 3.63) is 71.3 Å². The highest BCUT2D eigenvalue weighted by molar-refractivity contribution is 5.97. The maximum absolute atomic E-state index is 12.2. The Labute approximate surface area is 137 Å². The fourth-order valence-electron chi connectivity index (χ4n) is 2.23. The highest BCUT2D eigenvalue weighted by atomic mass is 16.4. The van der Waals surface area contributed by atoms with Crippen molar-refractivity contribution in [3.63, 3.8) is 0 Å². The summed E-state index contributed by atoms with van der Waals surface area (Å²) in [7, 11) is 0. The lowest BCUT2D eigenvalue weighted by Crippen LogP contribution is -2.35. The minimum atomic E-state index is -1.89. The van der Waals surface area contributed by atoms with Crippen LogP contribution >= 0.6 is 0 Å². The molecule has 2 aromatic carbocycles. The van der Waals surface area contributed by atoms with Crippen molar-refractivity contribution < 1.29 is 29.7 Å². The highest BCUT2D eigenvalue weighted by Crippen LogP contribution is 2.25. The third-order valence-corrected chi connectivity index (χ3v) is 3.39. The van der Waals surface area contributed by atoms with Crippen LogP contribution in [0.4, 0.5) is 0 Å². The Bertz CT molecular complexity index is 759. The summed E-state index contributed by atoms with van der Waals surface area (Å²) in [5.74, 6) is -3.51. The number of aliphatic carboxylic acids is 2. The molecule has 24 heavy (non-hydrogen) atoms. The Morgan fingerprint density at radius 2 is 1.33 bits per heavy atom. The van der Waals surface area contributed by atoms with Crippen LogP contribution in [0.3, 0.4) is 0 Å². The first-order valence-corrected chi connectivity index (χ1v) is 7.00. The second-order valence-electron chi connectivity index (χ2n) is 4.98. The van der Waals surface area contributed by atoms with Gasteiger partial charge in [0.15, 0.2) is 12.1 Å². The fraction of sp³-hybridized carbons (Fsp3) is 0.118. The van der Waals surface area contributed by atoms with Crippen LogP contribution in [0.1, 0.15) is 33.6 Å². The summed E-state index contributed by atoms with van der Waals surface area (Å²) < 4.78 is 0. The van der Waals surface area contributed by atoms with Crippen LogP contribution in [-0.2, 0) is 9.59 Å². The number of rotatable bonds is 6. The van der Waals surface area contributed by atoms with Crippen LogP contribution in [0.5, 0.6) is 0 Å². The van der Waals surface area contributed by atoms with Gasteiger partial charge in [-0.2, -0.15) is 0 Å². The van der Waals surface area contributed by atoms with E-state index in [1.807, 2.05) is 0 Å². The van der Waals surface area contributed by atoms with Crippen molar-refractivity contribution >= 4 is 17.8 Å². The molecule has 0 bridgehead atoms. The molecular weight excluding hydrogens is 314 g/mol. The van der Waals surface area contributed by atoms with Crippen LogP contribution in [0, 0.1) is 0 Å². The third-order valence-electron chi connectivity index (χ3n) is 3.39. The van der Waals surface area contributed by atoms with Crippen molar-refractivity contribution in [3.8, 4) is 0 Å². The normalized spacial score (nSPS) is 12.9. The molecule has 0 aliphatic rings. The summed E-state index contributed by atoms with van der Waals surface area (Å²) in [6.07, 6.45) is -1.89. The molecule has 0 saturated carbocycles. The molecule has 0 aliphatic carbocycles. The molecule has 0 aliphatic heterocycles. The zero-order valence-electron chi connectivity index (χ0n) is 12.4. The van der Waals surface area contributed by atoms with Crippen LogP contribution in [0.25, 0.3) is 0 Å². The summed E-state index contributed by atoms with van der Waals surface area (Å²) in [5, 5.41) is 30.5. The number of amides is 1. The molecule has 0 spiro atoms. The van der Waals surface area contributed by atoms with Crippen LogP contribution in [0.15, 0.2) is 54.6 Å². The molecule has 0 heterocycles. The molecule has 2 aromatic rings. The van der Waals surface area contributed by atoms with Gasteiger partial charge < -0.3 is 20.6 Å². The van der Waals surface area contributed by atoms with E-state index in [0.29, 0.717) is 0 Å². The summed E-state index contributed by atoms with van der Waals surface area (Å²) in [6.45, 7) is 0. The van der Waals surface area contributed by atoms with Gasteiger partial charge >= 0.3 is 11.9 Å². The molecule has 0 aromatic heterocycles. The minimum Gasteiger partial charge on any atom is -0.479 e. The van der Waals surface area contributed by atoms with E-state index < -0.39 is 30.0 Å². The number of aliphatic hydroxyl groups excluding tert-OH is 1. The summed E-state index contributed by atoms with van der Waals surface area (Å²) in [4.78, 5) is 34.8. The van der Waals surface area contributed by atoms with Crippen LogP contribution in [-0.4, -0.2) is 33.2 Å². The Morgan fingerprint density at radius 1 is 0.792 bits per heavy atom. The lowest BCUT2D eigenvalue weighted by atomic mass is 9.96. The number of hydrogen-bond donors (Lipinski definition) is 4. The molecule has 7 nitrogen and oxygen atoms in total. The van der Waals surface area contributed by atoms with E-state index in [2.05, 4.69) is 5.32 Å². The van der Waals surface area contributed by atoms with E-state index in [0.717, 1.165) is 0 Å². The van der Waals surface area contributed by atoms with Gasteiger partial charge in [-0.05, 0) is 23.3 Å². The predicted octanol–water partition coefficient (Wildman–Crippen LogP) is 1.36. The van der Waals surface area contributed by atoms with Gasteiger partial charge in [-0.1, -0.05) is 42.5 Å². The second kappa shape index (κ2) is 7.38. The predicted molar refractivity (Wildman–Crippen MR) is 83.3 cm³/mol. The maximum atomic E-state index is 12.2. The first-order valence-electron chi connectivity index (χ1n) is 7.00. The maximum Gasteiger partial charge on any atom is 0.337 e. The van der Waals surface area contributed by atoms with E-state index in [4.69, 9.17) is 5.11 Å². The SMILES string of the molecule is O=C(NC(C(=O)O)c1ccccc1C(O)C(=O)O)c1ccccc1. The molecule has 2 rings (SSSR count). The number of hydrogen-bond acceptors (Lipinski definition) is 4. The number of aliphatic hydroxyl groups is 1. The fourth-order valence-corrected chi connectivity index (χ4v) is 2.23. The number of carboxylic acid groups (broad SMARTS) is 2. The molecule has 7 heteroatoms. The summed E-state index contributed by atoms with van der Waals surface area (Å²) >= 11 is 0. The third kappa shape index (κ3) is 3.76. The van der Waals surface area contributed by atoms with Crippen molar-refractivity contribution in [2.24, 2.45) is 0 Å². The van der Waals surface area contributed by atoms with Gasteiger partial charge in [0.25, 0.3) is 5.91 Å². The monoisotopic (exact) mass is 329 g/mol. The van der Waals surface area contributed by atoms with Gasteiger partial charge in [0.1, 0.15) is 0 Å². The zero-order chi connectivity index (χ0) is 17.7. The molecule has 2 atom stereocenters. The van der Waals surface area contributed by atoms with Crippen LogP contribution < -0.4 is 5.32 Å². The van der Waals surface area contributed by atoms with Crippen LogP contribution in [0.2, 0.25) is 0 Å². The number of nitrogens with one attached hydrogen (secondary N) is 1. The topological polar surface area (TPSA) is 124 Å². The van der Waals surface area contributed by atoms with E-state index in [1.165, 1.54) is 36.4 Å². The second-order valence-corrected chi connectivity index (χ2v) is 4.98. The average Bonchev–Trinajstić information content (AvgIpc) is 2.59. The van der Waals surface area contributed by atoms with Gasteiger partial charge in [0, 0.05) is 5.56 Å². The molecule has 4 N–H and O–H groups in total. The minimum absolute atomic E-state index is 0.00387. The van der Waals surface area contributed by atoms with Gasteiger partial charge in [-0.15, -0.1) is 0 Å². The Balaban J connectivity index is 2.37. The molecular formula is C17H15NO6. The van der Waals surface area contributed by atoms with Crippen molar-refractivity contribution in [2.45, 2.75) is 12.1 Å². The highest BCUT2D eigenvalue weighted by Gasteiger charge is 2.29. The molecule has 0 saturated heterocycles. The Kier molecular flexibility index (Phi) is 5.28. The molecule has 1 amide bonds. The lowest BCUT2D eigenvalue weighted by molar-refractivity contribution is -0.147. The quantitative estimate of drug-likeness (QED) is 0.634. The van der Waals surface area contributed by atoms with Crippen molar-refractivity contribution in [1.29, 1.82) is 0 Å². The standard InChI is InChI=1S/C17H15NO6/c19-14(17(23)24)12-9-5-4-8-11(12)13(16(21)22)18-15(20)10-6-2-1-3-7-10/h1-9,13-14,19H,(H,18,20)(H,21,22)(H,23,24). The largest absolute Gasteiger partial charge is 0.479 e. The number of benzene rings is 2. The number of carboxylic acids is 2. The first-order chi connectivity index (χ1) is 11.4. The average molecular weight is 329 g/mol. The molecule has 124 valence electrons. The lowest BCUT2D eigenvalue weighted by Gasteiger charge is -2.19. The van der Waals surface area contributed by atoms with Crippen molar-refractivity contribution in [1.82, 2.24) is 5.32 Å². The van der Waals surface area contributed by atoms with E-state index >= 15 is 0 Å². The first kappa shape index (κ1) is 17.2.